The molecule has 0 aliphatic heterocycles. The Balaban J connectivity index is 1.46. The van der Waals surface area contributed by atoms with Gasteiger partial charge in [0.1, 0.15) is 0 Å². The lowest BCUT2D eigenvalue weighted by Gasteiger charge is -2.08. The Bertz CT molecular complexity index is 1300. The van der Waals surface area contributed by atoms with E-state index < -0.39 is 0 Å². The molecular formula is C25H23N5OS. The first-order chi connectivity index (χ1) is 15.8. The summed E-state index contributed by atoms with van der Waals surface area (Å²) in [5, 5.41) is 0.665. The van der Waals surface area contributed by atoms with E-state index in [0.29, 0.717) is 34.6 Å². The van der Waals surface area contributed by atoms with E-state index in [4.69, 9.17) is 20.1 Å². The number of nitrogens with two attached hydrogens (primary N) is 1. The predicted molar refractivity (Wildman–Crippen MR) is 128 cm³/mol. The number of fused-ring (bicyclic) bond motifs is 1. The molecule has 32 heavy (non-hydrogen) atoms. The number of imidazole rings is 1. The lowest BCUT2D eigenvalue weighted by molar-refractivity contribution is 0.569. The van der Waals surface area contributed by atoms with Crippen molar-refractivity contribution in [1.82, 2.24) is 19.5 Å². The summed E-state index contributed by atoms with van der Waals surface area (Å²) in [6, 6.07) is 24.5. The molecule has 0 saturated carbocycles. The van der Waals surface area contributed by atoms with Crippen LogP contribution in [0, 0.1) is 0 Å². The topological polar surface area (TPSA) is 82.8 Å². The largest absolute Gasteiger partial charge is 0.461 e. The summed E-state index contributed by atoms with van der Waals surface area (Å²) in [7, 11) is 0. The van der Waals surface area contributed by atoms with E-state index in [1.165, 1.54) is 11.1 Å². The van der Waals surface area contributed by atoms with Crippen molar-refractivity contribution in [3.8, 4) is 11.6 Å². The van der Waals surface area contributed by atoms with Crippen molar-refractivity contribution in [2.45, 2.75) is 24.5 Å². The number of hydrogen-bond donors (Lipinski definition) is 1. The Labute approximate surface area is 190 Å². The van der Waals surface area contributed by atoms with Crippen LogP contribution in [0.1, 0.15) is 11.1 Å². The van der Waals surface area contributed by atoms with Gasteiger partial charge in [-0.1, -0.05) is 72.4 Å². The number of hydrogen-bond acceptors (Lipinski definition) is 6. The molecule has 5 aromatic rings. The minimum Gasteiger partial charge on any atom is -0.461 e. The lowest BCUT2D eigenvalue weighted by Crippen LogP contribution is -2.06. The maximum Gasteiger partial charge on any atom is 0.191 e. The van der Waals surface area contributed by atoms with Gasteiger partial charge in [-0.25, -0.2) is 15.0 Å². The quantitative estimate of drug-likeness (QED) is 0.262. The number of nitrogens with zero attached hydrogens (tertiary/aromatic N) is 4. The zero-order chi connectivity index (χ0) is 21.8. The summed E-state index contributed by atoms with van der Waals surface area (Å²) in [6.45, 7) is 0.709. The molecule has 160 valence electrons. The molecular weight excluding hydrogens is 418 g/mol. The van der Waals surface area contributed by atoms with Crippen LogP contribution in [-0.4, -0.2) is 25.3 Å². The first-order valence-corrected chi connectivity index (χ1v) is 11.5. The SMILES string of the molecule is Nc1nc(SCCc2ccccc2)nc2c1nc(-c1ccco1)n2CCc1ccccc1. The molecule has 3 heterocycles. The standard InChI is InChI=1S/C25H23N5OS/c26-22-21-24(29-25(28-22)32-17-14-19-10-5-2-6-11-19)30(15-13-18-8-3-1-4-9-18)23(27-21)20-12-7-16-31-20/h1-12,16H,13-15,17H2,(H2,26,28,29). The molecule has 0 aliphatic carbocycles. The van der Waals surface area contributed by atoms with Crippen molar-refractivity contribution in [2.75, 3.05) is 11.5 Å². The van der Waals surface area contributed by atoms with E-state index in [1.807, 2.05) is 24.3 Å². The van der Waals surface area contributed by atoms with E-state index >= 15 is 0 Å². The minimum absolute atomic E-state index is 0.392. The third-order valence-corrected chi connectivity index (χ3v) is 6.12. The van der Waals surface area contributed by atoms with Crippen molar-refractivity contribution in [3.63, 3.8) is 0 Å². The van der Waals surface area contributed by atoms with Crippen LogP contribution in [0.15, 0.2) is 88.6 Å². The Kier molecular flexibility index (Phi) is 5.89. The van der Waals surface area contributed by atoms with Crippen LogP contribution in [0.25, 0.3) is 22.7 Å². The molecule has 2 aromatic carbocycles. The highest BCUT2D eigenvalue weighted by Gasteiger charge is 2.19. The third-order valence-electron chi connectivity index (χ3n) is 5.27. The second-order valence-corrected chi connectivity index (χ2v) is 8.51. The first-order valence-electron chi connectivity index (χ1n) is 10.6. The molecule has 0 unspecified atom stereocenters. The Morgan fingerprint density at radius 2 is 1.53 bits per heavy atom. The number of anilines is 1. The molecule has 0 amide bonds. The van der Waals surface area contributed by atoms with Crippen LogP contribution in [0.5, 0.6) is 0 Å². The van der Waals surface area contributed by atoms with Gasteiger partial charge in [-0.3, -0.25) is 0 Å². The van der Waals surface area contributed by atoms with Gasteiger partial charge in [0.05, 0.1) is 6.26 Å². The van der Waals surface area contributed by atoms with Gasteiger partial charge in [0.25, 0.3) is 0 Å². The number of aromatic nitrogens is 4. The molecule has 3 aromatic heterocycles. The van der Waals surface area contributed by atoms with E-state index in [2.05, 4.69) is 58.1 Å². The smallest absolute Gasteiger partial charge is 0.191 e. The zero-order valence-corrected chi connectivity index (χ0v) is 18.3. The van der Waals surface area contributed by atoms with Gasteiger partial charge in [0.2, 0.25) is 0 Å². The Morgan fingerprint density at radius 1 is 0.812 bits per heavy atom. The number of aryl methyl sites for hydroxylation is 3. The van der Waals surface area contributed by atoms with Gasteiger partial charge in [0, 0.05) is 12.3 Å². The van der Waals surface area contributed by atoms with Crippen LogP contribution >= 0.6 is 11.8 Å². The molecule has 0 aliphatic rings. The predicted octanol–water partition coefficient (Wildman–Crippen LogP) is 5.25. The van der Waals surface area contributed by atoms with E-state index in [0.717, 1.165) is 24.2 Å². The summed E-state index contributed by atoms with van der Waals surface area (Å²) < 4.78 is 7.73. The molecule has 0 atom stereocenters. The van der Waals surface area contributed by atoms with Gasteiger partial charge in [-0.15, -0.1) is 0 Å². The highest BCUT2D eigenvalue weighted by molar-refractivity contribution is 7.99. The maximum atomic E-state index is 6.31. The fourth-order valence-corrected chi connectivity index (χ4v) is 4.50. The molecule has 2 N–H and O–H groups in total. The van der Waals surface area contributed by atoms with Crippen molar-refractivity contribution >= 4 is 28.7 Å². The second-order valence-electron chi connectivity index (χ2n) is 7.45. The number of thioether (sulfide) groups is 1. The molecule has 0 radical (unpaired) electrons. The molecule has 0 saturated heterocycles. The molecule has 0 fully saturated rings. The van der Waals surface area contributed by atoms with Crippen LogP contribution in [0.2, 0.25) is 0 Å². The number of furan rings is 1. The van der Waals surface area contributed by atoms with Crippen molar-refractivity contribution < 1.29 is 4.42 Å². The van der Waals surface area contributed by atoms with Crippen LogP contribution in [0.4, 0.5) is 5.82 Å². The molecule has 0 spiro atoms. The molecule has 5 rings (SSSR count). The Morgan fingerprint density at radius 3 is 2.22 bits per heavy atom. The van der Waals surface area contributed by atoms with Gasteiger partial charge in [-0.05, 0) is 36.1 Å². The normalized spacial score (nSPS) is 11.2. The van der Waals surface area contributed by atoms with Crippen molar-refractivity contribution in [2.24, 2.45) is 0 Å². The minimum atomic E-state index is 0.392. The van der Waals surface area contributed by atoms with E-state index in [9.17, 15) is 0 Å². The fourth-order valence-electron chi connectivity index (χ4n) is 3.66. The van der Waals surface area contributed by atoms with Gasteiger partial charge >= 0.3 is 0 Å². The zero-order valence-electron chi connectivity index (χ0n) is 17.5. The molecule has 7 heteroatoms. The number of benzene rings is 2. The van der Waals surface area contributed by atoms with Crippen LogP contribution in [-0.2, 0) is 19.4 Å². The second kappa shape index (κ2) is 9.28. The van der Waals surface area contributed by atoms with E-state index in [-0.39, 0.29) is 0 Å². The van der Waals surface area contributed by atoms with Gasteiger partial charge in [-0.2, -0.15) is 0 Å². The fraction of sp³-hybridized carbons (Fsp3) is 0.160. The lowest BCUT2D eigenvalue weighted by atomic mass is 10.1. The summed E-state index contributed by atoms with van der Waals surface area (Å²) in [6.07, 6.45) is 3.44. The summed E-state index contributed by atoms with van der Waals surface area (Å²) in [5.41, 5.74) is 10.2. The number of nitrogen functional groups attached to an aromatic ring is 1. The van der Waals surface area contributed by atoms with Crippen molar-refractivity contribution in [3.05, 3.63) is 90.2 Å². The monoisotopic (exact) mass is 441 g/mol. The van der Waals surface area contributed by atoms with Gasteiger partial charge in [0.15, 0.2) is 33.7 Å². The average molecular weight is 442 g/mol. The average Bonchev–Trinajstić information content (AvgIpc) is 3.47. The summed E-state index contributed by atoms with van der Waals surface area (Å²) in [5.74, 6) is 2.67. The number of rotatable bonds is 8. The molecule has 6 nitrogen and oxygen atoms in total. The van der Waals surface area contributed by atoms with Crippen LogP contribution in [0.3, 0.4) is 0 Å². The highest BCUT2D eigenvalue weighted by Crippen LogP contribution is 2.29. The highest BCUT2D eigenvalue weighted by atomic mass is 32.2. The third kappa shape index (κ3) is 4.38. The summed E-state index contributed by atoms with van der Waals surface area (Å²) >= 11 is 1.61. The van der Waals surface area contributed by atoms with Crippen LogP contribution < -0.4 is 5.73 Å². The molecule has 0 bridgehead atoms. The maximum absolute atomic E-state index is 6.31. The summed E-state index contributed by atoms with van der Waals surface area (Å²) in [4.78, 5) is 14.1. The first kappa shape index (κ1) is 20.3. The van der Waals surface area contributed by atoms with Gasteiger partial charge < -0.3 is 14.7 Å². The van der Waals surface area contributed by atoms with Crippen molar-refractivity contribution in [1.29, 1.82) is 0 Å². The van der Waals surface area contributed by atoms with E-state index in [1.54, 1.807) is 18.0 Å². The Hall–Kier alpha value is -3.58.